The summed E-state index contributed by atoms with van der Waals surface area (Å²) >= 11 is 0. The van der Waals surface area contributed by atoms with Crippen molar-refractivity contribution in [3.8, 4) is 0 Å². The molecule has 0 bridgehead atoms. The van der Waals surface area contributed by atoms with E-state index in [1.165, 1.54) is 135 Å². The van der Waals surface area contributed by atoms with Gasteiger partial charge < -0.3 is 9.59 Å². The fraction of sp³-hybridized carbons (Fsp3) is 1.00. The van der Waals surface area contributed by atoms with Crippen LogP contribution in [0.4, 0.5) is 0 Å². The molecule has 0 saturated carbocycles. The van der Waals surface area contributed by atoms with Crippen LogP contribution < -0.4 is 0 Å². The van der Waals surface area contributed by atoms with Crippen LogP contribution in [0.15, 0.2) is 0 Å². The van der Waals surface area contributed by atoms with Crippen LogP contribution in [0.3, 0.4) is 0 Å². The maximum absolute atomic E-state index is 9.61. The van der Waals surface area contributed by atoms with E-state index in [9.17, 15) is 5.11 Å². The monoisotopic (exact) mass is 354 g/mol. The highest BCUT2D eigenvalue weighted by Crippen LogP contribution is 2.20. The predicted octanol–water partition coefficient (Wildman–Crippen LogP) is 6.81. The smallest absolute Gasteiger partial charge is 0.180 e. The quantitative estimate of drug-likeness (QED) is 0.212. The molecule has 1 fully saturated rings. The van der Waals surface area contributed by atoms with Gasteiger partial charge in [-0.15, -0.1) is 0 Å². The second-order valence-electron chi connectivity index (χ2n) is 8.66. The van der Waals surface area contributed by atoms with E-state index in [1.807, 2.05) is 0 Å². The van der Waals surface area contributed by atoms with E-state index in [0.29, 0.717) is 6.73 Å². The molecule has 0 aromatic heterocycles. The lowest BCUT2D eigenvalue weighted by atomic mass is 10.0. The van der Waals surface area contributed by atoms with Gasteiger partial charge in [-0.25, -0.2) is 0 Å². The lowest BCUT2D eigenvalue weighted by molar-refractivity contribution is -0.934. The van der Waals surface area contributed by atoms with Gasteiger partial charge >= 0.3 is 0 Å². The molecule has 2 nitrogen and oxygen atoms in total. The molecule has 0 aromatic carbocycles. The minimum atomic E-state index is 0.374. The normalized spacial score (nSPS) is 16.6. The maximum Gasteiger partial charge on any atom is 0.180 e. The van der Waals surface area contributed by atoms with Gasteiger partial charge in [0.1, 0.15) is 0 Å². The first-order valence-corrected chi connectivity index (χ1v) is 11.8. The van der Waals surface area contributed by atoms with Gasteiger partial charge in [-0.1, -0.05) is 96.8 Å². The summed E-state index contributed by atoms with van der Waals surface area (Å²) in [5, 5.41) is 9.61. The Balaban J connectivity index is 1.73. The van der Waals surface area contributed by atoms with Gasteiger partial charge in [0.15, 0.2) is 6.73 Å². The largest absolute Gasteiger partial charge is 0.347 e. The third kappa shape index (κ3) is 12.0. The molecule has 0 aromatic rings. The summed E-state index contributed by atoms with van der Waals surface area (Å²) in [5.41, 5.74) is 0. The number of unbranched alkanes of at least 4 members (excludes halogenated alkanes) is 15. The molecule has 0 spiro atoms. The number of rotatable bonds is 18. The second kappa shape index (κ2) is 16.1. The molecule has 0 atom stereocenters. The molecule has 150 valence electrons. The second-order valence-corrected chi connectivity index (χ2v) is 8.66. The lowest BCUT2D eigenvalue weighted by Crippen LogP contribution is -2.46. The summed E-state index contributed by atoms with van der Waals surface area (Å²) in [4.78, 5) is 0. The maximum atomic E-state index is 9.61. The van der Waals surface area contributed by atoms with Crippen molar-refractivity contribution >= 4 is 0 Å². The van der Waals surface area contributed by atoms with Crippen LogP contribution in [0.5, 0.6) is 0 Å². The SMILES string of the molecule is CCCCCCCCCCCCCCCCCC[N+]1(CO)CCCC1. The van der Waals surface area contributed by atoms with Gasteiger partial charge in [-0.05, 0) is 12.8 Å². The Morgan fingerprint density at radius 3 is 1.28 bits per heavy atom. The number of quaternary nitrogens is 1. The Kier molecular flexibility index (Phi) is 14.8. The zero-order valence-electron chi connectivity index (χ0n) is 17.5. The Hall–Kier alpha value is -0.0800. The fourth-order valence-corrected chi connectivity index (χ4v) is 4.44. The van der Waals surface area contributed by atoms with Crippen LogP contribution in [0.25, 0.3) is 0 Å². The molecule has 2 heteroatoms. The van der Waals surface area contributed by atoms with Gasteiger partial charge in [0, 0.05) is 12.8 Å². The van der Waals surface area contributed by atoms with Crippen LogP contribution >= 0.6 is 0 Å². The molecular formula is C23H48NO+. The summed E-state index contributed by atoms with van der Waals surface area (Å²) < 4.78 is 0.999. The van der Waals surface area contributed by atoms with Gasteiger partial charge in [0.2, 0.25) is 0 Å². The predicted molar refractivity (Wildman–Crippen MR) is 111 cm³/mol. The summed E-state index contributed by atoms with van der Waals surface area (Å²) in [5.74, 6) is 0. The summed E-state index contributed by atoms with van der Waals surface area (Å²) in [6.45, 7) is 6.32. The van der Waals surface area contributed by atoms with Gasteiger partial charge in [0.05, 0.1) is 19.6 Å². The summed E-state index contributed by atoms with van der Waals surface area (Å²) in [6.07, 6.45) is 25.6. The highest BCUT2D eigenvalue weighted by atomic mass is 16.3. The van der Waals surface area contributed by atoms with Crippen molar-refractivity contribution in [3.05, 3.63) is 0 Å². The Morgan fingerprint density at radius 2 is 0.920 bits per heavy atom. The van der Waals surface area contributed by atoms with Crippen molar-refractivity contribution in [2.45, 2.75) is 122 Å². The average molecular weight is 355 g/mol. The van der Waals surface area contributed by atoms with Gasteiger partial charge in [0.25, 0.3) is 0 Å². The van der Waals surface area contributed by atoms with E-state index >= 15 is 0 Å². The zero-order valence-corrected chi connectivity index (χ0v) is 17.5. The van der Waals surface area contributed by atoms with Crippen LogP contribution in [-0.4, -0.2) is 36.0 Å². The van der Waals surface area contributed by atoms with Crippen LogP contribution in [0.1, 0.15) is 122 Å². The molecule has 0 unspecified atom stereocenters. The van der Waals surface area contributed by atoms with E-state index in [-0.39, 0.29) is 0 Å². The lowest BCUT2D eigenvalue weighted by Gasteiger charge is -2.31. The molecule has 1 aliphatic rings. The van der Waals surface area contributed by atoms with E-state index < -0.39 is 0 Å². The molecule has 1 rings (SSSR count). The topological polar surface area (TPSA) is 20.2 Å². The number of aliphatic hydroxyl groups excluding tert-OH is 1. The first kappa shape index (κ1) is 23.0. The number of aliphatic hydroxyl groups is 1. The summed E-state index contributed by atoms with van der Waals surface area (Å²) in [6, 6.07) is 0. The molecule has 1 N–H and O–H groups in total. The molecule has 25 heavy (non-hydrogen) atoms. The van der Waals surface area contributed by atoms with Crippen molar-refractivity contribution in [1.82, 2.24) is 0 Å². The van der Waals surface area contributed by atoms with Gasteiger partial charge in [-0.2, -0.15) is 0 Å². The molecule has 0 radical (unpaired) electrons. The zero-order chi connectivity index (χ0) is 18.1. The molecule has 1 saturated heterocycles. The molecule has 1 heterocycles. The number of hydrogen-bond acceptors (Lipinski definition) is 1. The van der Waals surface area contributed by atoms with E-state index in [1.54, 1.807) is 0 Å². The van der Waals surface area contributed by atoms with Crippen molar-refractivity contribution in [2.24, 2.45) is 0 Å². The molecule has 0 amide bonds. The number of nitrogens with zero attached hydrogens (tertiary/aromatic N) is 1. The van der Waals surface area contributed by atoms with Crippen LogP contribution in [0, 0.1) is 0 Å². The van der Waals surface area contributed by atoms with Crippen LogP contribution in [0.2, 0.25) is 0 Å². The van der Waals surface area contributed by atoms with E-state index in [0.717, 1.165) is 4.48 Å². The number of likely N-dealkylation sites (tertiary alicyclic amines) is 1. The van der Waals surface area contributed by atoms with Gasteiger partial charge in [-0.3, -0.25) is 0 Å². The highest BCUT2D eigenvalue weighted by Gasteiger charge is 2.29. The minimum Gasteiger partial charge on any atom is -0.347 e. The first-order chi connectivity index (χ1) is 12.3. The molecule has 1 aliphatic heterocycles. The third-order valence-electron chi connectivity index (χ3n) is 6.30. The molecule has 0 aliphatic carbocycles. The standard InChI is InChI=1S/C23H48NO/c1-2-3-4-5-6-7-8-9-10-11-12-13-14-15-16-17-20-24(23-25)21-18-19-22-24/h25H,2-23H2,1H3/q+1. The first-order valence-electron chi connectivity index (χ1n) is 11.8. The highest BCUT2D eigenvalue weighted by molar-refractivity contribution is 4.54. The van der Waals surface area contributed by atoms with Crippen molar-refractivity contribution in [3.63, 3.8) is 0 Å². The fourth-order valence-electron chi connectivity index (χ4n) is 4.44. The van der Waals surface area contributed by atoms with Crippen molar-refractivity contribution in [2.75, 3.05) is 26.4 Å². The van der Waals surface area contributed by atoms with E-state index in [4.69, 9.17) is 0 Å². The average Bonchev–Trinajstić information content (AvgIpc) is 3.11. The van der Waals surface area contributed by atoms with E-state index in [2.05, 4.69) is 6.92 Å². The Bertz CT molecular complexity index is 273. The molecular weight excluding hydrogens is 306 g/mol. The van der Waals surface area contributed by atoms with Crippen molar-refractivity contribution < 1.29 is 9.59 Å². The summed E-state index contributed by atoms with van der Waals surface area (Å²) in [7, 11) is 0. The Labute approximate surface area is 159 Å². The van der Waals surface area contributed by atoms with Crippen LogP contribution in [-0.2, 0) is 0 Å². The minimum absolute atomic E-state index is 0.374. The van der Waals surface area contributed by atoms with Crippen molar-refractivity contribution in [1.29, 1.82) is 0 Å². The Morgan fingerprint density at radius 1 is 0.560 bits per heavy atom. The third-order valence-corrected chi connectivity index (χ3v) is 6.30. The number of hydrogen-bond donors (Lipinski definition) is 1.